The number of hydrogen-bond donors (Lipinski definition) is 5. The molecule has 26 heavy (non-hydrogen) atoms. The molecule has 0 fully saturated rings. The number of carbonyl (C=O) groups is 4. The summed E-state index contributed by atoms with van der Waals surface area (Å²) in [6.45, 7) is 4.17. The zero-order valence-electron chi connectivity index (χ0n) is 15.1. The maximum atomic E-state index is 12.4. The van der Waals surface area contributed by atoms with E-state index in [-0.39, 0.29) is 30.5 Å². The van der Waals surface area contributed by atoms with E-state index in [0.717, 1.165) is 0 Å². The first-order valence-corrected chi connectivity index (χ1v) is 9.07. The van der Waals surface area contributed by atoms with Crippen LogP contribution in [0.25, 0.3) is 0 Å². The van der Waals surface area contributed by atoms with E-state index in [1.165, 1.54) is 0 Å². The average molecular weight is 439 g/mol. The standard InChI is InChI=1S/C15H27BrN4O6/c1-14(2,3)26-13(25)15(18,12(24)19-8-11(22)23)6-4-5-9(17)20-10(21)7-16/h9H,4-8,17-18H2,1-3H3,(H,19,24)(H,20,21)(H,22,23)/t9?,15-/m0/s1. The molecule has 0 aromatic carbocycles. The van der Waals surface area contributed by atoms with Crippen molar-refractivity contribution in [2.75, 3.05) is 11.9 Å². The van der Waals surface area contributed by atoms with E-state index >= 15 is 0 Å². The molecule has 150 valence electrons. The Morgan fingerprint density at radius 2 is 1.81 bits per heavy atom. The summed E-state index contributed by atoms with van der Waals surface area (Å²) in [4.78, 5) is 46.6. The van der Waals surface area contributed by atoms with Crippen molar-refractivity contribution >= 4 is 39.7 Å². The molecule has 0 aliphatic carbocycles. The average Bonchev–Trinajstić information content (AvgIpc) is 2.50. The predicted octanol–water partition coefficient (Wildman–Crippen LogP) is -0.807. The van der Waals surface area contributed by atoms with Gasteiger partial charge in [-0.3, -0.25) is 14.4 Å². The third kappa shape index (κ3) is 9.11. The summed E-state index contributed by atoms with van der Waals surface area (Å²) in [7, 11) is 0. The van der Waals surface area contributed by atoms with Gasteiger partial charge in [-0.2, -0.15) is 0 Å². The SMILES string of the molecule is CC(C)(C)OC(=O)[C@](N)(CCCC(N)NC(=O)CBr)C(=O)NCC(=O)O. The zero-order chi connectivity index (χ0) is 20.5. The topological polar surface area (TPSA) is 174 Å². The van der Waals surface area contributed by atoms with Gasteiger partial charge >= 0.3 is 11.9 Å². The minimum absolute atomic E-state index is 0.0943. The summed E-state index contributed by atoms with van der Waals surface area (Å²) in [5, 5.41) is 13.4. The molecule has 0 bridgehead atoms. The number of hydrogen-bond acceptors (Lipinski definition) is 7. The second-order valence-corrected chi connectivity index (χ2v) is 7.31. The smallest absolute Gasteiger partial charge is 0.336 e. The molecule has 0 aromatic rings. The zero-order valence-corrected chi connectivity index (χ0v) is 16.7. The molecule has 0 heterocycles. The Hall–Kier alpha value is -1.72. The van der Waals surface area contributed by atoms with Crippen LogP contribution in [0.3, 0.4) is 0 Å². The van der Waals surface area contributed by atoms with Crippen molar-refractivity contribution in [2.24, 2.45) is 11.5 Å². The van der Waals surface area contributed by atoms with Crippen LogP contribution in [0, 0.1) is 0 Å². The van der Waals surface area contributed by atoms with Gasteiger partial charge in [-0.25, -0.2) is 4.79 Å². The Labute approximate surface area is 160 Å². The first kappa shape index (κ1) is 24.3. The third-order valence-electron chi connectivity index (χ3n) is 3.12. The van der Waals surface area contributed by atoms with E-state index in [4.69, 9.17) is 21.3 Å². The lowest BCUT2D eigenvalue weighted by molar-refractivity contribution is -0.165. The lowest BCUT2D eigenvalue weighted by Crippen LogP contribution is -2.61. The van der Waals surface area contributed by atoms with Gasteiger partial charge in [0.25, 0.3) is 5.91 Å². The molecule has 0 radical (unpaired) electrons. The summed E-state index contributed by atoms with van der Waals surface area (Å²) in [5.41, 5.74) is 8.77. The monoisotopic (exact) mass is 438 g/mol. The number of alkyl halides is 1. The summed E-state index contributed by atoms with van der Waals surface area (Å²) < 4.78 is 5.19. The molecule has 0 rings (SSSR count). The van der Waals surface area contributed by atoms with Crippen molar-refractivity contribution in [3.8, 4) is 0 Å². The molecule has 0 aliphatic heterocycles. The van der Waals surface area contributed by atoms with Crippen LogP contribution >= 0.6 is 15.9 Å². The molecule has 0 saturated carbocycles. The predicted molar refractivity (Wildman–Crippen MR) is 97.2 cm³/mol. The molecular weight excluding hydrogens is 412 g/mol. The van der Waals surface area contributed by atoms with Gasteiger partial charge in [0.2, 0.25) is 5.91 Å². The van der Waals surface area contributed by atoms with Gasteiger partial charge in [0.15, 0.2) is 5.54 Å². The molecule has 7 N–H and O–H groups in total. The Morgan fingerprint density at radius 1 is 1.23 bits per heavy atom. The van der Waals surface area contributed by atoms with Gasteiger partial charge in [-0.15, -0.1) is 0 Å². The largest absolute Gasteiger partial charge is 0.480 e. The molecule has 0 aromatic heterocycles. The Bertz CT molecular complexity index is 537. The first-order valence-electron chi connectivity index (χ1n) is 7.95. The number of amides is 2. The molecule has 10 nitrogen and oxygen atoms in total. The number of carboxylic acids is 1. The number of ether oxygens (including phenoxy) is 1. The Morgan fingerprint density at radius 3 is 2.27 bits per heavy atom. The fourth-order valence-electron chi connectivity index (χ4n) is 1.91. The van der Waals surface area contributed by atoms with Crippen molar-refractivity contribution in [1.82, 2.24) is 10.6 Å². The molecule has 11 heteroatoms. The molecular formula is C15H27BrN4O6. The molecule has 0 saturated heterocycles. The van der Waals surface area contributed by atoms with Crippen molar-refractivity contribution < 1.29 is 29.0 Å². The summed E-state index contributed by atoms with van der Waals surface area (Å²) in [6.07, 6.45) is -0.331. The number of aliphatic carboxylic acids is 1. The van der Waals surface area contributed by atoms with Gasteiger partial charge in [0.1, 0.15) is 12.1 Å². The van der Waals surface area contributed by atoms with E-state index in [1.807, 2.05) is 0 Å². The number of carbonyl (C=O) groups excluding carboxylic acids is 3. The van der Waals surface area contributed by atoms with E-state index in [0.29, 0.717) is 0 Å². The van der Waals surface area contributed by atoms with Crippen LogP contribution in [0.15, 0.2) is 0 Å². The maximum Gasteiger partial charge on any atom is 0.336 e. The number of halogens is 1. The summed E-state index contributed by atoms with van der Waals surface area (Å²) >= 11 is 2.99. The van der Waals surface area contributed by atoms with Crippen LogP contribution in [0.2, 0.25) is 0 Å². The minimum Gasteiger partial charge on any atom is -0.480 e. The fourth-order valence-corrected chi connectivity index (χ4v) is 2.07. The van der Waals surface area contributed by atoms with Gasteiger partial charge in [0, 0.05) is 0 Å². The molecule has 0 spiro atoms. The van der Waals surface area contributed by atoms with Crippen LogP contribution in [0.4, 0.5) is 0 Å². The van der Waals surface area contributed by atoms with Gasteiger partial charge < -0.3 is 31.9 Å². The highest BCUT2D eigenvalue weighted by Crippen LogP contribution is 2.19. The van der Waals surface area contributed by atoms with Crippen LogP contribution in [-0.4, -0.2) is 58.0 Å². The number of carboxylic acid groups (broad SMARTS) is 1. The lowest BCUT2D eigenvalue weighted by atomic mass is 9.91. The van der Waals surface area contributed by atoms with Gasteiger partial charge in [-0.1, -0.05) is 15.9 Å². The first-order chi connectivity index (χ1) is 11.8. The van der Waals surface area contributed by atoms with Gasteiger partial charge in [-0.05, 0) is 40.0 Å². The number of nitrogens with two attached hydrogens (primary N) is 2. The molecule has 0 aliphatic rings. The highest BCUT2D eigenvalue weighted by molar-refractivity contribution is 9.09. The summed E-state index contributed by atoms with van der Waals surface area (Å²) in [5.74, 6) is -3.49. The number of nitrogens with one attached hydrogen (secondary N) is 2. The van der Waals surface area contributed by atoms with Crippen LogP contribution in [0.1, 0.15) is 40.0 Å². The van der Waals surface area contributed by atoms with Crippen LogP contribution in [0.5, 0.6) is 0 Å². The lowest BCUT2D eigenvalue weighted by Gasteiger charge is -2.30. The molecule has 1 unspecified atom stereocenters. The Kier molecular flexibility index (Phi) is 9.74. The second-order valence-electron chi connectivity index (χ2n) is 6.75. The van der Waals surface area contributed by atoms with Crippen molar-refractivity contribution in [2.45, 2.75) is 57.3 Å². The van der Waals surface area contributed by atoms with E-state index in [9.17, 15) is 19.2 Å². The van der Waals surface area contributed by atoms with E-state index in [1.54, 1.807) is 20.8 Å². The summed E-state index contributed by atoms with van der Waals surface area (Å²) in [6, 6.07) is 0. The second kappa shape index (κ2) is 10.4. The fraction of sp³-hybridized carbons (Fsp3) is 0.733. The highest BCUT2D eigenvalue weighted by Gasteiger charge is 2.44. The number of esters is 1. The van der Waals surface area contributed by atoms with E-state index < -0.39 is 41.7 Å². The minimum atomic E-state index is -2.07. The molecule has 2 atom stereocenters. The number of rotatable bonds is 10. The molecule has 2 amide bonds. The van der Waals surface area contributed by atoms with Crippen molar-refractivity contribution in [1.29, 1.82) is 0 Å². The maximum absolute atomic E-state index is 12.4. The van der Waals surface area contributed by atoms with Crippen LogP contribution in [-0.2, 0) is 23.9 Å². The Balaban J connectivity index is 5.03. The normalized spacial score (nSPS) is 14.7. The van der Waals surface area contributed by atoms with Gasteiger partial charge in [0.05, 0.1) is 11.5 Å². The van der Waals surface area contributed by atoms with Crippen molar-refractivity contribution in [3.63, 3.8) is 0 Å². The quantitative estimate of drug-likeness (QED) is 0.127. The highest BCUT2D eigenvalue weighted by atomic mass is 79.9. The third-order valence-corrected chi connectivity index (χ3v) is 3.63. The van der Waals surface area contributed by atoms with E-state index in [2.05, 4.69) is 26.6 Å². The van der Waals surface area contributed by atoms with Crippen molar-refractivity contribution in [3.05, 3.63) is 0 Å². The van der Waals surface area contributed by atoms with Crippen LogP contribution < -0.4 is 22.1 Å².